The first-order valence-electron chi connectivity index (χ1n) is 13.6. The predicted octanol–water partition coefficient (Wildman–Crippen LogP) is 5.79. The number of halogens is 1. The average molecular weight is 570 g/mol. The van der Waals surface area contributed by atoms with Gasteiger partial charge >= 0.3 is 0 Å². The zero-order chi connectivity index (χ0) is 26.2. The lowest BCUT2D eigenvalue weighted by atomic mass is 9.86. The number of aromatic amines is 1. The molecule has 37 heavy (non-hydrogen) atoms. The van der Waals surface area contributed by atoms with Gasteiger partial charge in [0.05, 0.1) is 23.7 Å². The van der Waals surface area contributed by atoms with Crippen LogP contribution in [0.5, 0.6) is 0 Å². The molecule has 2 aliphatic rings. The molecule has 5 rings (SSSR count). The van der Waals surface area contributed by atoms with E-state index < -0.39 is 0 Å². The monoisotopic (exact) mass is 568 g/mol. The molecule has 2 aromatic heterocycles. The molecule has 2 atom stereocenters. The van der Waals surface area contributed by atoms with Gasteiger partial charge in [0.1, 0.15) is 0 Å². The maximum absolute atomic E-state index is 9.77. The molecule has 2 fully saturated rings. The van der Waals surface area contributed by atoms with E-state index in [4.69, 9.17) is 9.72 Å². The third-order valence-electron chi connectivity index (χ3n) is 8.10. The van der Waals surface area contributed by atoms with E-state index in [2.05, 4.69) is 81.9 Å². The number of alkyl halides is 1. The van der Waals surface area contributed by atoms with E-state index in [9.17, 15) is 5.11 Å². The molecule has 0 amide bonds. The molecule has 1 aromatic carbocycles. The smallest absolute Gasteiger partial charge is 0.0965 e. The van der Waals surface area contributed by atoms with Gasteiger partial charge in [-0.05, 0) is 72.9 Å². The van der Waals surface area contributed by atoms with E-state index in [1.807, 2.05) is 6.20 Å². The Bertz CT molecular complexity index is 1210. The molecule has 0 radical (unpaired) electrons. The van der Waals surface area contributed by atoms with Crippen molar-refractivity contribution < 1.29 is 9.84 Å². The van der Waals surface area contributed by atoms with Crippen molar-refractivity contribution in [1.29, 1.82) is 0 Å². The first-order valence-corrected chi connectivity index (χ1v) is 14.5. The summed E-state index contributed by atoms with van der Waals surface area (Å²) in [6, 6.07) is 9.85. The topological polar surface area (TPSA) is 64.6 Å². The van der Waals surface area contributed by atoms with Crippen LogP contribution in [-0.2, 0) is 17.6 Å². The summed E-state index contributed by atoms with van der Waals surface area (Å²) in [6.45, 7) is 10.8. The molecule has 1 saturated heterocycles. The van der Waals surface area contributed by atoms with Gasteiger partial charge in [0, 0.05) is 67.9 Å². The summed E-state index contributed by atoms with van der Waals surface area (Å²) in [6.07, 6.45) is 8.48. The number of nitrogens with one attached hydrogen (secondary N) is 1. The number of hydrogen-bond donors (Lipinski definition) is 2. The number of rotatable bonds is 10. The van der Waals surface area contributed by atoms with Crippen LogP contribution in [0.1, 0.15) is 66.9 Å². The minimum absolute atomic E-state index is 0.0738. The Labute approximate surface area is 229 Å². The Morgan fingerprint density at radius 2 is 1.95 bits per heavy atom. The fraction of sp³-hybridized carbons (Fsp3) is 0.567. The molecule has 0 bridgehead atoms. The summed E-state index contributed by atoms with van der Waals surface area (Å²) in [5, 5.41) is 11.0. The third-order valence-corrected chi connectivity index (χ3v) is 8.91. The summed E-state index contributed by atoms with van der Waals surface area (Å²) in [5.74, 6) is 0. The highest BCUT2D eigenvalue weighted by atomic mass is 79.9. The second-order valence-electron chi connectivity index (χ2n) is 11.7. The lowest BCUT2D eigenvalue weighted by molar-refractivity contribution is 0.115. The largest absolute Gasteiger partial charge is 0.396 e. The number of pyridine rings is 1. The standard InChI is InChI=1S/C30H41BrN4O2/c1-20(37-4)29-26(15-24(18-33-29)35-11-9-34(10-12-35)23-6-7-23)27(31)14-21-5-8-28-25(13-21)22(17-32-28)16-30(2,3)19-36/h5,8,13,15,17-18,20,23,27,32,36H,6-7,9-12,14,16,19H2,1-4H3/t20-,27-/m0/s1. The van der Waals surface area contributed by atoms with Gasteiger partial charge in [-0.3, -0.25) is 9.88 Å². The van der Waals surface area contributed by atoms with Crippen LogP contribution in [0.15, 0.2) is 36.7 Å². The van der Waals surface area contributed by atoms with Crippen molar-refractivity contribution in [3.05, 3.63) is 59.0 Å². The van der Waals surface area contributed by atoms with Crippen LogP contribution in [-0.4, -0.2) is 65.9 Å². The quantitative estimate of drug-likeness (QED) is 0.303. The Morgan fingerprint density at radius 3 is 2.62 bits per heavy atom. The highest BCUT2D eigenvalue weighted by molar-refractivity contribution is 9.09. The fourth-order valence-corrected chi connectivity index (χ4v) is 6.27. The summed E-state index contributed by atoms with van der Waals surface area (Å²) in [5.41, 5.74) is 6.93. The van der Waals surface area contributed by atoms with E-state index in [1.165, 1.54) is 40.6 Å². The maximum Gasteiger partial charge on any atom is 0.0965 e. The number of nitrogens with zero attached hydrogens (tertiary/aromatic N) is 3. The van der Waals surface area contributed by atoms with Crippen molar-refractivity contribution in [2.24, 2.45) is 5.41 Å². The second-order valence-corrected chi connectivity index (χ2v) is 12.8. The van der Waals surface area contributed by atoms with Crippen LogP contribution >= 0.6 is 15.9 Å². The molecule has 7 heteroatoms. The van der Waals surface area contributed by atoms with Crippen molar-refractivity contribution in [2.75, 3.05) is 44.8 Å². The summed E-state index contributed by atoms with van der Waals surface area (Å²) >= 11 is 4.04. The lowest BCUT2D eigenvalue weighted by Crippen LogP contribution is -2.47. The Hall–Kier alpha value is -1.93. The SMILES string of the molecule is CO[C@@H](C)c1ncc(N2CCN(C3CC3)CC2)cc1[C@@H](Br)Cc1ccc2[nH]cc(CC(C)(C)CO)c2c1. The summed E-state index contributed by atoms with van der Waals surface area (Å²) in [4.78, 5) is 13.6. The van der Waals surface area contributed by atoms with Crippen LogP contribution < -0.4 is 4.90 Å². The summed E-state index contributed by atoms with van der Waals surface area (Å²) < 4.78 is 5.70. The number of anilines is 1. The molecule has 3 aromatic rings. The van der Waals surface area contributed by atoms with Crippen LogP contribution in [0.4, 0.5) is 5.69 Å². The minimum Gasteiger partial charge on any atom is -0.396 e. The highest BCUT2D eigenvalue weighted by Crippen LogP contribution is 2.36. The van der Waals surface area contributed by atoms with E-state index >= 15 is 0 Å². The Morgan fingerprint density at radius 1 is 1.19 bits per heavy atom. The van der Waals surface area contributed by atoms with Gasteiger partial charge in [0.25, 0.3) is 0 Å². The number of aromatic nitrogens is 2. The first kappa shape index (κ1) is 26.7. The molecule has 2 N–H and O–H groups in total. The molecule has 0 unspecified atom stereocenters. The zero-order valence-electron chi connectivity index (χ0n) is 22.6. The van der Waals surface area contributed by atoms with Gasteiger partial charge in [-0.2, -0.15) is 0 Å². The molecule has 6 nitrogen and oxygen atoms in total. The lowest BCUT2D eigenvalue weighted by Gasteiger charge is -2.36. The van der Waals surface area contributed by atoms with Crippen molar-refractivity contribution in [3.63, 3.8) is 0 Å². The van der Waals surface area contributed by atoms with Crippen LogP contribution in [0.3, 0.4) is 0 Å². The van der Waals surface area contributed by atoms with Crippen molar-refractivity contribution in [1.82, 2.24) is 14.9 Å². The molecular weight excluding hydrogens is 528 g/mol. The number of fused-ring (bicyclic) bond motifs is 1. The molecular formula is C30H41BrN4O2. The van der Waals surface area contributed by atoms with Crippen molar-refractivity contribution in [2.45, 2.75) is 63.4 Å². The molecule has 0 spiro atoms. The zero-order valence-corrected chi connectivity index (χ0v) is 24.2. The number of methoxy groups -OCH3 is 1. The predicted molar refractivity (Wildman–Crippen MR) is 155 cm³/mol. The Balaban J connectivity index is 1.38. The number of aliphatic hydroxyl groups is 1. The summed E-state index contributed by atoms with van der Waals surface area (Å²) in [7, 11) is 1.75. The van der Waals surface area contributed by atoms with Gasteiger partial charge in [-0.25, -0.2) is 0 Å². The number of piperazine rings is 1. The van der Waals surface area contributed by atoms with Gasteiger partial charge < -0.3 is 19.7 Å². The van der Waals surface area contributed by atoms with Crippen molar-refractivity contribution >= 4 is 32.5 Å². The normalized spacial score (nSPS) is 18.9. The number of aliphatic hydroxyl groups excluding tert-OH is 1. The highest BCUT2D eigenvalue weighted by Gasteiger charge is 2.31. The molecule has 1 aliphatic heterocycles. The molecule has 3 heterocycles. The van der Waals surface area contributed by atoms with E-state index in [0.29, 0.717) is 0 Å². The van der Waals surface area contributed by atoms with Gasteiger partial charge in [0.15, 0.2) is 0 Å². The molecule has 1 aliphatic carbocycles. The third kappa shape index (κ3) is 6.06. The van der Waals surface area contributed by atoms with Crippen LogP contribution in [0.2, 0.25) is 0 Å². The maximum atomic E-state index is 9.77. The van der Waals surface area contributed by atoms with E-state index in [0.717, 1.165) is 56.3 Å². The minimum atomic E-state index is -0.148. The van der Waals surface area contributed by atoms with Gasteiger partial charge in [-0.1, -0.05) is 35.8 Å². The second kappa shape index (κ2) is 11.0. The van der Waals surface area contributed by atoms with Crippen LogP contribution in [0.25, 0.3) is 10.9 Å². The fourth-order valence-electron chi connectivity index (χ4n) is 5.53. The van der Waals surface area contributed by atoms with Crippen LogP contribution in [0, 0.1) is 5.41 Å². The average Bonchev–Trinajstić information content (AvgIpc) is 3.70. The van der Waals surface area contributed by atoms with Gasteiger partial charge in [0.2, 0.25) is 0 Å². The number of hydrogen-bond acceptors (Lipinski definition) is 5. The van der Waals surface area contributed by atoms with E-state index in [-0.39, 0.29) is 23.0 Å². The first-order chi connectivity index (χ1) is 17.8. The Kier molecular flexibility index (Phi) is 7.96. The van der Waals surface area contributed by atoms with Crippen molar-refractivity contribution in [3.8, 4) is 0 Å². The number of ether oxygens (including phenoxy) is 1. The molecule has 1 saturated carbocycles. The molecule has 200 valence electrons. The van der Waals surface area contributed by atoms with Gasteiger partial charge in [-0.15, -0.1) is 0 Å². The number of benzene rings is 1. The number of H-pyrrole nitrogens is 1. The van der Waals surface area contributed by atoms with E-state index in [1.54, 1.807) is 7.11 Å².